The van der Waals surface area contributed by atoms with E-state index in [4.69, 9.17) is 10.8 Å². The third kappa shape index (κ3) is 12.7. The second kappa shape index (κ2) is 23.9. The number of hydrogen-bond acceptors (Lipinski definition) is 11. The largest absolute Gasteiger partial charge is 0.476 e. The van der Waals surface area contributed by atoms with Crippen LogP contribution in [0.25, 0.3) is 0 Å². The molecule has 8 N–H and O–H groups in total. The Hall–Kier alpha value is -7.36. The first kappa shape index (κ1) is 55.0. The van der Waals surface area contributed by atoms with Gasteiger partial charge in [-0.25, -0.2) is 50.6 Å². The SMILES string of the molecule is NCCc1ccc(S(=O)(=O)NC(=O)Nc2c3c(cc4c2CCC4)CCC3)cc1.O=C(Nc1c2c(cc3c1CCC3)CCC2)NS(=O)(=O)c1ccc(CCNC(=O)c2cn3c(n2)CCCC3)cc1.O=C(O)c1cn2c(n1)CCCC2. The molecule has 0 unspecified atom stereocenters. The molecule has 0 bridgehead atoms. The second-order valence-electron chi connectivity index (χ2n) is 21.1. The summed E-state index contributed by atoms with van der Waals surface area (Å²) in [5.41, 5.74) is 19.3. The van der Waals surface area contributed by atoms with Gasteiger partial charge in [0.2, 0.25) is 0 Å². The number of urea groups is 2. The van der Waals surface area contributed by atoms with Crippen LogP contribution in [-0.2, 0) is 110 Å². The fourth-order valence-corrected chi connectivity index (χ4v) is 13.7. The van der Waals surface area contributed by atoms with Crippen molar-refractivity contribution < 1.29 is 41.1 Å². The highest BCUT2D eigenvalue weighted by Gasteiger charge is 2.29. The van der Waals surface area contributed by atoms with Crippen LogP contribution in [0.15, 0.2) is 82.8 Å². The van der Waals surface area contributed by atoms with E-state index >= 15 is 0 Å². The number of hydrogen-bond donors (Lipinski definition) is 7. The van der Waals surface area contributed by atoms with Crippen LogP contribution in [0.4, 0.5) is 21.0 Å². The number of nitrogens with zero attached hydrogens (tertiary/aromatic N) is 4. The van der Waals surface area contributed by atoms with E-state index in [0.717, 1.165) is 174 Å². The van der Waals surface area contributed by atoms with Crippen LogP contribution < -0.4 is 31.1 Å². The predicted octanol–water partition coefficient (Wildman–Crippen LogP) is 7.27. The normalized spacial score (nSPS) is 15.6. The average molecular weight is 1110 g/mol. The number of carbonyl (C=O) groups is 4. The number of aromatic nitrogens is 4. The lowest BCUT2D eigenvalue weighted by molar-refractivity contribution is 0.0690. The number of rotatable bonds is 13. The molecule has 0 spiro atoms. The highest BCUT2D eigenvalue weighted by molar-refractivity contribution is 7.90. The summed E-state index contributed by atoms with van der Waals surface area (Å²) < 4.78 is 59.3. The summed E-state index contributed by atoms with van der Waals surface area (Å²) in [5.74, 6) is 0.735. The van der Waals surface area contributed by atoms with Gasteiger partial charge in [0.05, 0.1) is 9.79 Å². The number of nitrogens with two attached hydrogens (primary N) is 1. The fraction of sp³-hybridized carbons (Fsp3) is 0.414. The van der Waals surface area contributed by atoms with E-state index in [1.165, 1.54) is 57.6 Å². The molecule has 21 heteroatoms. The molecule has 79 heavy (non-hydrogen) atoms. The highest BCUT2D eigenvalue weighted by atomic mass is 32.2. The summed E-state index contributed by atoms with van der Waals surface area (Å²) in [5, 5.41) is 17.3. The monoisotopic (exact) mass is 1110 g/mol. The Morgan fingerprint density at radius 3 is 1.33 bits per heavy atom. The molecule has 0 saturated carbocycles. The Morgan fingerprint density at radius 1 is 0.519 bits per heavy atom. The van der Waals surface area contributed by atoms with Gasteiger partial charge in [-0.3, -0.25) is 4.79 Å². The zero-order valence-electron chi connectivity index (χ0n) is 44.3. The summed E-state index contributed by atoms with van der Waals surface area (Å²) in [6.45, 7) is 2.71. The van der Waals surface area contributed by atoms with Crippen LogP contribution in [-0.4, -0.2) is 78.1 Å². The quantitative estimate of drug-likeness (QED) is 0.0601. The van der Waals surface area contributed by atoms with Crippen LogP contribution >= 0.6 is 0 Å². The number of carbonyl (C=O) groups excluding carboxylic acids is 3. The summed E-state index contributed by atoms with van der Waals surface area (Å²) in [4.78, 5) is 56.9. The summed E-state index contributed by atoms with van der Waals surface area (Å²) in [7, 11) is -7.97. The van der Waals surface area contributed by atoms with Gasteiger partial charge in [-0.15, -0.1) is 0 Å². The highest BCUT2D eigenvalue weighted by Crippen LogP contribution is 2.40. The third-order valence-corrected chi connectivity index (χ3v) is 18.4. The Bertz CT molecular complexity index is 3420. The Labute approximate surface area is 460 Å². The summed E-state index contributed by atoms with van der Waals surface area (Å²) in [6, 6.07) is 15.9. The van der Waals surface area contributed by atoms with Crippen molar-refractivity contribution in [3.63, 3.8) is 0 Å². The maximum Gasteiger partial charge on any atom is 0.356 e. The van der Waals surface area contributed by atoms with Crippen LogP contribution in [0.3, 0.4) is 0 Å². The second-order valence-corrected chi connectivity index (χ2v) is 24.5. The minimum Gasteiger partial charge on any atom is -0.476 e. The minimum atomic E-state index is -4.04. The summed E-state index contributed by atoms with van der Waals surface area (Å²) in [6.07, 6.45) is 22.8. The molecular weight excluding hydrogens is 1040 g/mol. The molecule has 4 heterocycles. The zero-order valence-corrected chi connectivity index (χ0v) is 45.9. The smallest absolute Gasteiger partial charge is 0.356 e. The molecule has 5 amide bonds. The van der Waals surface area contributed by atoms with E-state index in [1.54, 1.807) is 30.5 Å². The van der Waals surface area contributed by atoms with Crippen molar-refractivity contribution in [2.24, 2.45) is 5.73 Å². The number of sulfonamides is 2. The number of carboxylic acid groups (broad SMARTS) is 1. The molecule has 6 aliphatic rings. The van der Waals surface area contributed by atoms with Gasteiger partial charge in [-0.1, -0.05) is 36.4 Å². The van der Waals surface area contributed by atoms with Crippen molar-refractivity contribution in [2.75, 3.05) is 23.7 Å². The van der Waals surface area contributed by atoms with Crippen molar-refractivity contribution >= 4 is 55.4 Å². The first-order valence-corrected chi connectivity index (χ1v) is 30.6. The number of aryl methyl sites for hydroxylation is 8. The van der Waals surface area contributed by atoms with Gasteiger partial charge in [0, 0.05) is 56.2 Å². The van der Waals surface area contributed by atoms with Crippen molar-refractivity contribution in [3.05, 3.63) is 152 Å². The average Bonchev–Trinajstić information content (AvgIpc) is 4.32. The topological polar surface area (TPSA) is 279 Å². The molecule has 0 saturated heterocycles. The number of anilines is 2. The first-order chi connectivity index (χ1) is 38.1. The molecule has 416 valence electrons. The lowest BCUT2D eigenvalue weighted by Crippen LogP contribution is -2.35. The van der Waals surface area contributed by atoms with Gasteiger partial charge < -0.3 is 35.9 Å². The zero-order chi connectivity index (χ0) is 55.3. The van der Waals surface area contributed by atoms with Gasteiger partial charge in [-0.05, 0) is 202 Å². The maximum absolute atomic E-state index is 12.9. The number of carboxylic acids is 1. The molecule has 6 aromatic rings. The van der Waals surface area contributed by atoms with Crippen LogP contribution in [0, 0.1) is 0 Å². The lowest BCUT2D eigenvalue weighted by atomic mass is 9.99. The van der Waals surface area contributed by atoms with Crippen molar-refractivity contribution in [3.8, 4) is 0 Å². The molecule has 0 radical (unpaired) electrons. The standard InChI is InChI=1S/C29H33N5O4S.C21H25N3O3S.C8H10N2O2/c35-28(25-18-34-16-2-1-9-26(34)31-25)30-15-14-19-10-12-22(13-11-19)39(37,38)33-29(36)32-27-23-7-3-5-20(23)17-21-6-4-8-24(21)27;22-12-11-14-7-9-17(10-8-14)28(26,27)24-21(25)23-20-18-5-1-3-15(18)13-16-4-2-6-19(16)20;11-8(12)6-5-10-4-2-1-3-7(10)9-6/h10-13,17-18H,1-9,14-16H2,(H,30,35)(H2,32,33,36);7-10,13H,1-6,11-12,22H2,(H2,23,24,25);5H,1-4H2,(H,11,12). The van der Waals surface area contributed by atoms with Gasteiger partial charge in [0.25, 0.3) is 26.0 Å². The molecule has 2 aliphatic heterocycles. The third-order valence-electron chi connectivity index (χ3n) is 15.7. The van der Waals surface area contributed by atoms with Crippen LogP contribution in [0.2, 0.25) is 0 Å². The maximum atomic E-state index is 12.9. The van der Waals surface area contributed by atoms with Gasteiger partial charge >= 0.3 is 18.0 Å². The van der Waals surface area contributed by atoms with Gasteiger partial charge in [0.15, 0.2) is 5.69 Å². The molecule has 0 fully saturated rings. The molecule has 0 atom stereocenters. The Kier molecular flexibility index (Phi) is 16.7. The molecule has 19 nitrogen and oxygen atoms in total. The lowest BCUT2D eigenvalue weighted by Gasteiger charge is -2.16. The number of benzene rings is 4. The van der Waals surface area contributed by atoms with E-state index in [2.05, 4.69) is 47.5 Å². The van der Waals surface area contributed by atoms with E-state index in [1.807, 2.05) is 15.3 Å². The van der Waals surface area contributed by atoms with E-state index in [0.29, 0.717) is 31.6 Å². The van der Waals surface area contributed by atoms with Gasteiger partial charge in [-0.2, -0.15) is 0 Å². The van der Waals surface area contributed by atoms with E-state index in [-0.39, 0.29) is 21.4 Å². The number of aromatic carboxylic acids is 1. The van der Waals surface area contributed by atoms with Crippen LogP contribution in [0.1, 0.15) is 140 Å². The molecule has 2 aromatic heterocycles. The number of nitrogens with one attached hydrogen (secondary N) is 5. The number of imidazole rings is 2. The fourth-order valence-electron chi connectivity index (χ4n) is 11.9. The molecular formula is C58H68N10O9S2. The van der Waals surface area contributed by atoms with Crippen molar-refractivity contribution in [1.82, 2.24) is 33.9 Å². The molecule has 12 rings (SSSR count). The number of fused-ring (bicyclic) bond motifs is 6. The first-order valence-electron chi connectivity index (χ1n) is 27.6. The Balaban J connectivity index is 0.000000152. The van der Waals surface area contributed by atoms with E-state index in [9.17, 15) is 36.0 Å². The minimum absolute atomic E-state index is 0.0116. The molecule has 4 aromatic carbocycles. The van der Waals surface area contributed by atoms with Crippen molar-refractivity contribution in [1.29, 1.82) is 0 Å². The van der Waals surface area contributed by atoms with Crippen LogP contribution in [0.5, 0.6) is 0 Å². The van der Waals surface area contributed by atoms with E-state index < -0.39 is 38.1 Å². The Morgan fingerprint density at radius 2 is 0.924 bits per heavy atom. The predicted molar refractivity (Wildman–Crippen MR) is 299 cm³/mol. The summed E-state index contributed by atoms with van der Waals surface area (Å²) >= 11 is 0. The van der Waals surface area contributed by atoms with Gasteiger partial charge in [0.1, 0.15) is 17.3 Å². The van der Waals surface area contributed by atoms with Crippen molar-refractivity contribution in [2.45, 2.75) is 151 Å². The number of amides is 5. The molecule has 4 aliphatic carbocycles.